The van der Waals surface area contributed by atoms with Crippen molar-refractivity contribution in [3.63, 3.8) is 0 Å². The molecular formula is C19H29N3O6S. The summed E-state index contributed by atoms with van der Waals surface area (Å²) in [6.07, 6.45) is 1.00. The van der Waals surface area contributed by atoms with E-state index in [0.29, 0.717) is 50.6 Å². The highest BCUT2D eigenvalue weighted by Gasteiger charge is 2.36. The number of ether oxygens (including phenoxy) is 2. The maximum atomic E-state index is 13.2. The minimum absolute atomic E-state index is 0.280. The number of methoxy groups -OCH3 is 1. The van der Waals surface area contributed by atoms with E-state index < -0.39 is 22.2 Å². The van der Waals surface area contributed by atoms with E-state index in [9.17, 15) is 18.0 Å². The largest absolute Gasteiger partial charge is 0.497 e. The van der Waals surface area contributed by atoms with Crippen LogP contribution in [0.15, 0.2) is 24.3 Å². The number of amides is 2. The molecule has 1 aromatic carbocycles. The summed E-state index contributed by atoms with van der Waals surface area (Å²) in [4.78, 5) is 28.2. The van der Waals surface area contributed by atoms with Crippen LogP contribution >= 0.6 is 0 Å². The van der Waals surface area contributed by atoms with Crippen LogP contribution in [0.5, 0.6) is 5.75 Å². The monoisotopic (exact) mass is 427 g/mol. The zero-order chi connectivity index (χ0) is 21.6. The highest BCUT2D eigenvalue weighted by Crippen LogP contribution is 2.26. The first-order valence-electron chi connectivity index (χ1n) is 9.56. The van der Waals surface area contributed by atoms with Crippen molar-refractivity contribution in [2.75, 3.05) is 50.5 Å². The number of rotatable bonds is 7. The van der Waals surface area contributed by atoms with E-state index in [2.05, 4.69) is 0 Å². The van der Waals surface area contributed by atoms with Gasteiger partial charge >= 0.3 is 6.09 Å². The number of nitrogens with zero attached hydrogens (tertiary/aromatic N) is 3. The average molecular weight is 428 g/mol. The molecule has 0 spiro atoms. The van der Waals surface area contributed by atoms with Gasteiger partial charge in [0, 0.05) is 26.2 Å². The average Bonchev–Trinajstić information content (AvgIpc) is 2.71. The number of carbonyl (C=O) groups excluding carboxylic acids is 2. The van der Waals surface area contributed by atoms with Crippen LogP contribution in [0.2, 0.25) is 0 Å². The van der Waals surface area contributed by atoms with Gasteiger partial charge in [0.1, 0.15) is 11.8 Å². The Kier molecular flexibility index (Phi) is 7.72. The third-order valence-corrected chi connectivity index (χ3v) is 5.94. The molecule has 1 aliphatic heterocycles. The zero-order valence-corrected chi connectivity index (χ0v) is 18.1. The van der Waals surface area contributed by atoms with Crippen molar-refractivity contribution in [3.8, 4) is 5.75 Å². The number of piperazine rings is 1. The predicted molar refractivity (Wildman–Crippen MR) is 110 cm³/mol. The molecular weight excluding hydrogens is 398 g/mol. The number of sulfonamides is 1. The molecule has 0 N–H and O–H groups in total. The van der Waals surface area contributed by atoms with Gasteiger partial charge in [0.2, 0.25) is 15.9 Å². The van der Waals surface area contributed by atoms with Crippen molar-refractivity contribution in [2.45, 2.75) is 26.3 Å². The van der Waals surface area contributed by atoms with E-state index >= 15 is 0 Å². The quantitative estimate of drug-likeness (QED) is 0.655. The van der Waals surface area contributed by atoms with Crippen LogP contribution in [0.3, 0.4) is 0 Å². The van der Waals surface area contributed by atoms with Crippen LogP contribution in [-0.4, -0.2) is 82.4 Å². The normalized spacial score (nSPS) is 15.6. The molecule has 1 unspecified atom stereocenters. The lowest BCUT2D eigenvalue weighted by Crippen LogP contribution is -2.56. The molecule has 1 aromatic rings. The van der Waals surface area contributed by atoms with Gasteiger partial charge in [-0.25, -0.2) is 13.2 Å². The third kappa shape index (κ3) is 5.53. The van der Waals surface area contributed by atoms with Crippen molar-refractivity contribution in [1.29, 1.82) is 0 Å². The van der Waals surface area contributed by atoms with Crippen LogP contribution in [0.4, 0.5) is 10.5 Å². The van der Waals surface area contributed by atoms with Gasteiger partial charge in [-0.3, -0.25) is 9.10 Å². The zero-order valence-electron chi connectivity index (χ0n) is 17.3. The van der Waals surface area contributed by atoms with Crippen molar-refractivity contribution in [2.24, 2.45) is 0 Å². The summed E-state index contributed by atoms with van der Waals surface area (Å²) in [5, 5.41) is 0. The maximum Gasteiger partial charge on any atom is 0.409 e. The summed E-state index contributed by atoms with van der Waals surface area (Å²) in [5.41, 5.74) is 0.402. The number of benzene rings is 1. The molecule has 1 atom stereocenters. The van der Waals surface area contributed by atoms with E-state index in [4.69, 9.17) is 9.47 Å². The summed E-state index contributed by atoms with van der Waals surface area (Å²) in [6.45, 7) is 5.16. The van der Waals surface area contributed by atoms with Crippen molar-refractivity contribution in [3.05, 3.63) is 24.3 Å². The second-order valence-corrected chi connectivity index (χ2v) is 8.55. The Labute approximate surface area is 172 Å². The van der Waals surface area contributed by atoms with E-state index in [1.807, 2.05) is 0 Å². The van der Waals surface area contributed by atoms with Crippen LogP contribution < -0.4 is 9.04 Å². The van der Waals surface area contributed by atoms with Gasteiger partial charge < -0.3 is 19.3 Å². The first-order valence-corrected chi connectivity index (χ1v) is 11.4. The standard InChI is InChI=1S/C19H29N3O6S/c1-5-17(18(23)20-11-13-21(14-12-20)19(24)28-6-2)22(29(4,25)26)15-7-9-16(27-3)10-8-15/h7-10,17H,5-6,11-14H2,1-4H3. The molecule has 10 heteroatoms. The Morgan fingerprint density at radius 2 is 1.62 bits per heavy atom. The molecule has 1 aliphatic rings. The van der Waals surface area contributed by atoms with E-state index in [1.165, 1.54) is 7.11 Å². The Morgan fingerprint density at radius 3 is 2.07 bits per heavy atom. The molecule has 0 saturated carbocycles. The predicted octanol–water partition coefficient (Wildman–Crippen LogP) is 1.54. The fourth-order valence-corrected chi connectivity index (χ4v) is 4.51. The van der Waals surface area contributed by atoms with Crippen molar-refractivity contribution < 1.29 is 27.5 Å². The van der Waals surface area contributed by atoms with E-state index in [-0.39, 0.29) is 5.91 Å². The minimum atomic E-state index is -3.70. The van der Waals surface area contributed by atoms with Gasteiger partial charge in [0.15, 0.2) is 0 Å². The second-order valence-electron chi connectivity index (χ2n) is 6.69. The number of hydrogen-bond donors (Lipinski definition) is 0. The molecule has 0 aliphatic carbocycles. The number of hydrogen-bond acceptors (Lipinski definition) is 6. The molecule has 9 nitrogen and oxygen atoms in total. The minimum Gasteiger partial charge on any atom is -0.497 e. The Morgan fingerprint density at radius 1 is 1.07 bits per heavy atom. The molecule has 1 heterocycles. The van der Waals surface area contributed by atoms with Gasteiger partial charge in [-0.15, -0.1) is 0 Å². The molecule has 29 heavy (non-hydrogen) atoms. The second kappa shape index (κ2) is 9.82. The van der Waals surface area contributed by atoms with Gasteiger partial charge in [-0.2, -0.15) is 0 Å². The molecule has 0 aromatic heterocycles. The topological polar surface area (TPSA) is 96.5 Å². The lowest BCUT2D eigenvalue weighted by molar-refractivity contribution is -0.134. The Bertz CT molecular complexity index is 804. The molecule has 1 fully saturated rings. The smallest absolute Gasteiger partial charge is 0.409 e. The van der Waals surface area contributed by atoms with Crippen LogP contribution in [0, 0.1) is 0 Å². The van der Waals surface area contributed by atoms with Gasteiger partial charge in [0.25, 0.3) is 0 Å². The van der Waals surface area contributed by atoms with Crippen LogP contribution in [0.25, 0.3) is 0 Å². The Balaban J connectivity index is 2.20. The summed E-state index contributed by atoms with van der Waals surface area (Å²) >= 11 is 0. The van der Waals surface area contributed by atoms with Crippen LogP contribution in [-0.2, 0) is 19.6 Å². The fraction of sp³-hybridized carbons (Fsp3) is 0.579. The first-order chi connectivity index (χ1) is 13.7. The molecule has 162 valence electrons. The molecule has 0 radical (unpaired) electrons. The lowest BCUT2D eigenvalue weighted by Gasteiger charge is -2.38. The van der Waals surface area contributed by atoms with Crippen molar-refractivity contribution in [1.82, 2.24) is 9.80 Å². The third-order valence-electron chi connectivity index (χ3n) is 4.76. The molecule has 2 rings (SSSR count). The van der Waals surface area contributed by atoms with Crippen molar-refractivity contribution >= 4 is 27.7 Å². The van der Waals surface area contributed by atoms with Crippen LogP contribution in [0.1, 0.15) is 20.3 Å². The Hall–Kier alpha value is -2.49. The summed E-state index contributed by atoms with van der Waals surface area (Å²) in [6, 6.07) is 5.68. The fourth-order valence-electron chi connectivity index (χ4n) is 3.31. The lowest BCUT2D eigenvalue weighted by atomic mass is 10.1. The highest BCUT2D eigenvalue weighted by molar-refractivity contribution is 7.92. The number of anilines is 1. The summed E-state index contributed by atoms with van der Waals surface area (Å²) in [5.74, 6) is 0.314. The summed E-state index contributed by atoms with van der Waals surface area (Å²) in [7, 11) is -2.18. The summed E-state index contributed by atoms with van der Waals surface area (Å²) < 4.78 is 36.4. The molecule has 1 saturated heterocycles. The molecule has 2 amide bonds. The van der Waals surface area contributed by atoms with Gasteiger partial charge in [-0.05, 0) is 37.6 Å². The SMILES string of the molecule is CCOC(=O)N1CCN(C(=O)C(CC)N(c2ccc(OC)cc2)S(C)(=O)=O)CC1. The first kappa shape index (κ1) is 22.8. The number of carbonyl (C=O) groups is 2. The highest BCUT2D eigenvalue weighted by atomic mass is 32.2. The van der Waals surface area contributed by atoms with Gasteiger partial charge in [-0.1, -0.05) is 6.92 Å². The van der Waals surface area contributed by atoms with E-state index in [0.717, 1.165) is 10.6 Å². The maximum absolute atomic E-state index is 13.2. The van der Waals surface area contributed by atoms with Gasteiger partial charge in [0.05, 0.1) is 25.7 Å². The van der Waals surface area contributed by atoms with E-state index in [1.54, 1.807) is 47.9 Å². The molecule has 0 bridgehead atoms.